The molecule has 6 rings (SSSR count). The number of imidazole rings is 1. The van der Waals surface area contributed by atoms with Gasteiger partial charge < -0.3 is 10.3 Å². The van der Waals surface area contributed by atoms with E-state index in [9.17, 15) is 4.79 Å². The molecule has 3 N–H and O–H groups in total. The SMILES string of the molecule is CC(C)CC(=O)Nc1cncc(-c2ccc3[nH]nc(-c4nc5c(-c6ccncc6)ccnc5[nH]4)c3c2)c1. The zero-order valence-corrected chi connectivity index (χ0v) is 20.4. The van der Waals surface area contributed by atoms with Crippen molar-refractivity contribution in [1.82, 2.24) is 35.1 Å². The lowest BCUT2D eigenvalue weighted by Gasteiger charge is -2.09. The minimum atomic E-state index is -0.0221. The molecule has 37 heavy (non-hydrogen) atoms. The molecule has 0 saturated carbocycles. The normalized spacial score (nSPS) is 11.4. The minimum Gasteiger partial charge on any atom is -0.325 e. The Labute approximate surface area is 212 Å². The molecule has 6 aromatic rings. The maximum absolute atomic E-state index is 12.2. The topological polar surface area (TPSA) is 125 Å². The molecule has 0 atom stereocenters. The number of aromatic nitrogens is 7. The van der Waals surface area contributed by atoms with E-state index in [1.807, 2.05) is 50.2 Å². The number of anilines is 1. The van der Waals surface area contributed by atoms with E-state index >= 15 is 0 Å². The fourth-order valence-corrected chi connectivity index (χ4v) is 4.41. The van der Waals surface area contributed by atoms with Crippen LogP contribution in [0.1, 0.15) is 20.3 Å². The number of carbonyl (C=O) groups excluding carboxylic acids is 1. The first-order valence-corrected chi connectivity index (χ1v) is 12.0. The Balaban J connectivity index is 1.38. The highest BCUT2D eigenvalue weighted by Crippen LogP contribution is 2.32. The van der Waals surface area contributed by atoms with Crippen molar-refractivity contribution >= 4 is 33.7 Å². The highest BCUT2D eigenvalue weighted by molar-refractivity contribution is 5.98. The first-order valence-electron chi connectivity index (χ1n) is 12.0. The van der Waals surface area contributed by atoms with Crippen molar-refractivity contribution in [2.75, 3.05) is 5.32 Å². The third-order valence-electron chi connectivity index (χ3n) is 6.11. The summed E-state index contributed by atoms with van der Waals surface area (Å²) in [5.74, 6) is 0.888. The van der Waals surface area contributed by atoms with Crippen molar-refractivity contribution in [1.29, 1.82) is 0 Å². The van der Waals surface area contributed by atoms with Crippen LogP contribution in [0.3, 0.4) is 0 Å². The van der Waals surface area contributed by atoms with Crippen LogP contribution >= 0.6 is 0 Å². The lowest BCUT2D eigenvalue weighted by Crippen LogP contribution is -2.13. The third-order valence-corrected chi connectivity index (χ3v) is 6.11. The molecule has 182 valence electrons. The molecule has 9 heteroatoms. The summed E-state index contributed by atoms with van der Waals surface area (Å²) in [7, 11) is 0. The van der Waals surface area contributed by atoms with Crippen LogP contribution in [0.25, 0.3) is 55.8 Å². The zero-order chi connectivity index (χ0) is 25.4. The van der Waals surface area contributed by atoms with Gasteiger partial charge in [0.25, 0.3) is 0 Å². The summed E-state index contributed by atoms with van der Waals surface area (Å²) in [5.41, 5.74) is 7.54. The van der Waals surface area contributed by atoms with E-state index in [0.29, 0.717) is 29.3 Å². The second-order valence-corrected chi connectivity index (χ2v) is 9.32. The molecule has 0 saturated heterocycles. The van der Waals surface area contributed by atoms with Crippen LogP contribution < -0.4 is 5.32 Å². The largest absolute Gasteiger partial charge is 0.325 e. The zero-order valence-electron chi connectivity index (χ0n) is 20.4. The van der Waals surface area contributed by atoms with E-state index in [2.05, 4.69) is 41.5 Å². The van der Waals surface area contributed by atoms with Gasteiger partial charge in [0.15, 0.2) is 11.5 Å². The predicted octanol–water partition coefficient (Wildman–Crippen LogP) is 5.61. The molecule has 9 nitrogen and oxygen atoms in total. The van der Waals surface area contributed by atoms with Gasteiger partial charge in [0.1, 0.15) is 11.2 Å². The summed E-state index contributed by atoms with van der Waals surface area (Å²) in [4.78, 5) is 33.4. The van der Waals surface area contributed by atoms with Gasteiger partial charge in [0.2, 0.25) is 5.91 Å². The maximum Gasteiger partial charge on any atom is 0.224 e. The molecule has 1 amide bonds. The number of nitrogens with one attached hydrogen (secondary N) is 3. The average molecular weight is 489 g/mol. The summed E-state index contributed by atoms with van der Waals surface area (Å²) in [6.07, 6.45) is 9.19. The Morgan fingerprint density at radius 2 is 1.81 bits per heavy atom. The maximum atomic E-state index is 12.2. The standard InChI is InChI=1S/C28H24N8O/c1-16(2)11-24(37)32-20-12-19(14-30-15-20)18-3-4-23-22(13-18)26(36-35-23)28-33-25-21(7-10-31-27(25)34-28)17-5-8-29-9-6-17/h3-10,12-16H,11H2,1-2H3,(H,32,37)(H,35,36)(H,31,33,34). The van der Waals surface area contributed by atoms with Gasteiger partial charge in [-0.3, -0.25) is 19.9 Å². The number of hydrogen-bond donors (Lipinski definition) is 3. The van der Waals surface area contributed by atoms with E-state index in [-0.39, 0.29) is 11.8 Å². The molecule has 1 aromatic carbocycles. The minimum absolute atomic E-state index is 0.0221. The van der Waals surface area contributed by atoms with Crippen LogP contribution in [-0.4, -0.2) is 41.0 Å². The molecule has 0 aliphatic carbocycles. The number of rotatable bonds is 6. The molecule has 0 bridgehead atoms. The van der Waals surface area contributed by atoms with Crippen LogP contribution in [-0.2, 0) is 4.79 Å². The van der Waals surface area contributed by atoms with E-state index in [1.54, 1.807) is 31.0 Å². The molecule has 0 unspecified atom stereocenters. The molecule has 0 aliphatic heterocycles. The molecule has 5 heterocycles. The van der Waals surface area contributed by atoms with Crippen LogP contribution in [0.2, 0.25) is 0 Å². The van der Waals surface area contributed by atoms with Gasteiger partial charge >= 0.3 is 0 Å². The highest BCUT2D eigenvalue weighted by atomic mass is 16.1. The van der Waals surface area contributed by atoms with Crippen molar-refractivity contribution in [3.63, 3.8) is 0 Å². The molecule has 0 radical (unpaired) electrons. The number of H-pyrrole nitrogens is 2. The Hall–Kier alpha value is -4.92. The Morgan fingerprint density at radius 1 is 0.946 bits per heavy atom. The lowest BCUT2D eigenvalue weighted by atomic mass is 10.0. The summed E-state index contributed by atoms with van der Waals surface area (Å²) in [5, 5.41) is 11.5. The van der Waals surface area contributed by atoms with E-state index in [0.717, 1.165) is 38.7 Å². The Morgan fingerprint density at radius 3 is 2.65 bits per heavy atom. The van der Waals surface area contributed by atoms with Crippen LogP contribution in [0, 0.1) is 5.92 Å². The molecular weight excluding hydrogens is 464 g/mol. The Kier molecular flexibility index (Phi) is 5.65. The second-order valence-electron chi connectivity index (χ2n) is 9.32. The Bertz CT molecular complexity index is 1740. The first kappa shape index (κ1) is 22.5. The van der Waals surface area contributed by atoms with Gasteiger partial charge in [-0.1, -0.05) is 19.9 Å². The van der Waals surface area contributed by atoms with Gasteiger partial charge in [0, 0.05) is 47.7 Å². The van der Waals surface area contributed by atoms with Crippen molar-refractivity contribution in [3.8, 4) is 33.8 Å². The van der Waals surface area contributed by atoms with E-state index < -0.39 is 0 Å². The summed E-state index contributed by atoms with van der Waals surface area (Å²) >= 11 is 0. The van der Waals surface area contributed by atoms with Crippen LogP contribution in [0.5, 0.6) is 0 Å². The number of carbonyl (C=O) groups is 1. The smallest absolute Gasteiger partial charge is 0.224 e. The lowest BCUT2D eigenvalue weighted by molar-refractivity contribution is -0.116. The van der Waals surface area contributed by atoms with Gasteiger partial charge in [-0.15, -0.1) is 0 Å². The average Bonchev–Trinajstić information content (AvgIpc) is 3.52. The van der Waals surface area contributed by atoms with Crippen LogP contribution in [0.4, 0.5) is 5.69 Å². The van der Waals surface area contributed by atoms with Crippen molar-refractivity contribution < 1.29 is 4.79 Å². The second kappa shape index (κ2) is 9.27. The van der Waals surface area contributed by atoms with Gasteiger partial charge in [0.05, 0.1) is 17.4 Å². The van der Waals surface area contributed by atoms with Crippen molar-refractivity contribution in [2.45, 2.75) is 20.3 Å². The quantitative estimate of drug-likeness (QED) is 0.280. The number of fused-ring (bicyclic) bond motifs is 2. The van der Waals surface area contributed by atoms with Crippen LogP contribution in [0.15, 0.2) is 73.4 Å². The van der Waals surface area contributed by atoms with E-state index in [1.165, 1.54) is 0 Å². The molecule has 0 spiro atoms. The van der Waals surface area contributed by atoms with E-state index in [4.69, 9.17) is 4.98 Å². The highest BCUT2D eigenvalue weighted by Gasteiger charge is 2.16. The molecule has 0 fully saturated rings. The summed E-state index contributed by atoms with van der Waals surface area (Å²) in [6.45, 7) is 4.04. The fourth-order valence-electron chi connectivity index (χ4n) is 4.41. The summed E-state index contributed by atoms with van der Waals surface area (Å²) < 4.78 is 0. The fraction of sp³-hybridized carbons (Fsp3) is 0.143. The number of pyridine rings is 3. The van der Waals surface area contributed by atoms with Crippen molar-refractivity contribution in [3.05, 3.63) is 73.4 Å². The predicted molar refractivity (Wildman–Crippen MR) is 144 cm³/mol. The first-order chi connectivity index (χ1) is 18.0. The molecule has 0 aliphatic rings. The number of nitrogens with zero attached hydrogens (tertiary/aromatic N) is 5. The molecular formula is C28H24N8O. The molecule has 5 aromatic heterocycles. The summed E-state index contributed by atoms with van der Waals surface area (Å²) in [6, 6.07) is 13.8. The number of aromatic amines is 2. The van der Waals surface area contributed by atoms with Gasteiger partial charge in [-0.25, -0.2) is 9.97 Å². The van der Waals surface area contributed by atoms with Gasteiger partial charge in [-0.05, 0) is 53.4 Å². The number of amides is 1. The number of hydrogen-bond acceptors (Lipinski definition) is 6. The number of benzene rings is 1. The van der Waals surface area contributed by atoms with Gasteiger partial charge in [-0.2, -0.15) is 5.10 Å². The van der Waals surface area contributed by atoms with Crippen molar-refractivity contribution in [2.24, 2.45) is 5.92 Å². The third kappa shape index (κ3) is 4.42. The monoisotopic (exact) mass is 488 g/mol.